The van der Waals surface area contributed by atoms with Crippen molar-refractivity contribution in [2.75, 3.05) is 20.3 Å². The molecule has 0 aliphatic heterocycles. The Kier molecular flexibility index (Phi) is 7.50. The van der Waals surface area contributed by atoms with Gasteiger partial charge in [-0.25, -0.2) is 0 Å². The molecule has 0 spiro atoms. The number of hydrogen-bond donors (Lipinski definition) is 0. The van der Waals surface area contributed by atoms with E-state index in [1.165, 1.54) is 0 Å². The molecule has 0 unspecified atom stereocenters. The van der Waals surface area contributed by atoms with Crippen LogP contribution in [-0.2, 0) is 29.1 Å². The monoisotopic (exact) mass is 447 g/mol. The van der Waals surface area contributed by atoms with Gasteiger partial charge in [-0.15, -0.1) is 0 Å². The number of ether oxygens (including phenoxy) is 2. The van der Waals surface area contributed by atoms with Crippen molar-refractivity contribution in [3.8, 4) is 17.1 Å². The first kappa shape index (κ1) is 22.3. The van der Waals surface area contributed by atoms with Crippen LogP contribution >= 0.6 is 0 Å². The third kappa shape index (κ3) is 6.30. The summed E-state index contributed by atoms with van der Waals surface area (Å²) in [6, 6.07) is 20.8. The molecule has 1 amide bonds. The molecule has 0 atom stereocenters. The van der Waals surface area contributed by atoms with Crippen molar-refractivity contribution >= 4 is 5.91 Å². The summed E-state index contributed by atoms with van der Waals surface area (Å²) in [5.41, 5.74) is 1.81. The average Bonchev–Trinajstić information content (AvgIpc) is 3.55. The van der Waals surface area contributed by atoms with Crippen molar-refractivity contribution < 1.29 is 23.2 Å². The fraction of sp³-hybridized carbons (Fsp3) is 0.240. The zero-order chi connectivity index (χ0) is 22.9. The van der Waals surface area contributed by atoms with E-state index >= 15 is 0 Å². The number of rotatable bonds is 11. The molecule has 0 saturated carbocycles. The molecular formula is C25H25N3O5. The minimum atomic E-state index is -0.144. The van der Waals surface area contributed by atoms with Crippen LogP contribution in [0.5, 0.6) is 5.75 Å². The highest BCUT2D eigenvalue weighted by molar-refractivity contribution is 5.77. The molecule has 4 aromatic rings. The zero-order valence-electron chi connectivity index (χ0n) is 18.3. The van der Waals surface area contributed by atoms with Crippen molar-refractivity contribution in [1.82, 2.24) is 15.0 Å². The van der Waals surface area contributed by atoms with Gasteiger partial charge in [0.25, 0.3) is 0 Å². The number of nitrogens with zero attached hydrogens (tertiary/aromatic N) is 3. The topological polar surface area (TPSA) is 90.8 Å². The van der Waals surface area contributed by atoms with Gasteiger partial charge in [-0.2, -0.15) is 4.98 Å². The first-order valence-corrected chi connectivity index (χ1v) is 10.6. The van der Waals surface area contributed by atoms with Gasteiger partial charge in [0.2, 0.25) is 17.6 Å². The van der Waals surface area contributed by atoms with Gasteiger partial charge in [-0.3, -0.25) is 4.79 Å². The number of hydrogen-bond acceptors (Lipinski definition) is 7. The van der Waals surface area contributed by atoms with Gasteiger partial charge in [0.1, 0.15) is 18.1 Å². The Bertz CT molecular complexity index is 1140. The lowest BCUT2D eigenvalue weighted by molar-refractivity contribution is -0.137. The smallest absolute Gasteiger partial charge is 0.249 e. The SMILES string of the molecule is COc1cccc(-c2noc(CCN(Cc3ccco3)C(=O)COCc3ccccc3)n2)c1. The van der Waals surface area contributed by atoms with Crippen LogP contribution in [-0.4, -0.2) is 41.2 Å². The Balaban J connectivity index is 1.37. The van der Waals surface area contributed by atoms with Gasteiger partial charge in [-0.1, -0.05) is 47.6 Å². The number of amides is 1. The lowest BCUT2D eigenvalue weighted by Gasteiger charge is -2.21. The second-order valence-corrected chi connectivity index (χ2v) is 7.37. The molecule has 2 heterocycles. The molecule has 0 bridgehead atoms. The summed E-state index contributed by atoms with van der Waals surface area (Å²) in [6.45, 7) is 1.05. The fourth-order valence-corrected chi connectivity index (χ4v) is 3.27. The van der Waals surface area contributed by atoms with Crippen LogP contribution < -0.4 is 4.74 Å². The lowest BCUT2D eigenvalue weighted by atomic mass is 10.2. The maximum absolute atomic E-state index is 12.9. The Hall–Kier alpha value is -3.91. The standard InChI is InChI=1S/C25H25N3O5/c1-30-21-10-5-9-20(15-21)25-26-23(33-27-25)12-13-28(16-22-11-6-14-32-22)24(29)18-31-17-19-7-3-2-4-8-19/h2-11,14-15H,12-13,16-18H2,1H3. The molecule has 33 heavy (non-hydrogen) atoms. The van der Waals surface area contributed by atoms with Gasteiger partial charge in [0.15, 0.2) is 0 Å². The third-order valence-corrected chi connectivity index (χ3v) is 5.01. The Labute approximate surface area is 191 Å². The van der Waals surface area contributed by atoms with Gasteiger partial charge in [0.05, 0.1) is 26.5 Å². The lowest BCUT2D eigenvalue weighted by Crippen LogP contribution is -2.35. The van der Waals surface area contributed by atoms with Crippen LogP contribution in [0.15, 0.2) is 81.9 Å². The molecule has 8 heteroatoms. The van der Waals surface area contributed by atoms with Crippen LogP contribution in [0.25, 0.3) is 11.4 Å². The predicted octanol–water partition coefficient (Wildman–Crippen LogP) is 4.13. The second-order valence-electron chi connectivity index (χ2n) is 7.37. The Morgan fingerprint density at radius 3 is 2.73 bits per heavy atom. The van der Waals surface area contributed by atoms with Crippen molar-refractivity contribution in [2.24, 2.45) is 0 Å². The van der Waals surface area contributed by atoms with E-state index in [1.54, 1.807) is 24.3 Å². The molecule has 2 aromatic heterocycles. The largest absolute Gasteiger partial charge is 0.497 e. The highest BCUT2D eigenvalue weighted by atomic mass is 16.5. The van der Waals surface area contributed by atoms with E-state index in [1.807, 2.05) is 60.7 Å². The van der Waals surface area contributed by atoms with Crippen LogP contribution in [0.2, 0.25) is 0 Å². The summed E-state index contributed by atoms with van der Waals surface area (Å²) >= 11 is 0. The van der Waals surface area contributed by atoms with E-state index < -0.39 is 0 Å². The maximum atomic E-state index is 12.9. The molecule has 0 N–H and O–H groups in total. The third-order valence-electron chi connectivity index (χ3n) is 5.01. The predicted molar refractivity (Wildman–Crippen MR) is 120 cm³/mol. The summed E-state index contributed by atoms with van der Waals surface area (Å²) in [7, 11) is 1.61. The highest BCUT2D eigenvalue weighted by Crippen LogP contribution is 2.21. The normalized spacial score (nSPS) is 10.8. The first-order chi connectivity index (χ1) is 16.2. The van der Waals surface area contributed by atoms with Gasteiger partial charge in [-0.05, 0) is 29.8 Å². The number of carbonyl (C=O) groups is 1. The van der Waals surface area contributed by atoms with Crippen LogP contribution in [0.1, 0.15) is 17.2 Å². The van der Waals surface area contributed by atoms with Crippen molar-refractivity contribution in [1.29, 1.82) is 0 Å². The van der Waals surface area contributed by atoms with Gasteiger partial charge in [0, 0.05) is 18.5 Å². The Morgan fingerprint density at radius 1 is 1.06 bits per heavy atom. The number of furan rings is 1. The van der Waals surface area contributed by atoms with E-state index in [9.17, 15) is 4.79 Å². The number of carbonyl (C=O) groups excluding carboxylic acids is 1. The second kappa shape index (κ2) is 11.1. The fourth-order valence-electron chi connectivity index (χ4n) is 3.27. The zero-order valence-corrected chi connectivity index (χ0v) is 18.3. The van der Waals surface area contributed by atoms with Crippen molar-refractivity contribution in [2.45, 2.75) is 19.6 Å². The molecule has 0 aliphatic carbocycles. The van der Waals surface area contributed by atoms with E-state index in [4.69, 9.17) is 18.4 Å². The molecule has 0 fully saturated rings. The van der Waals surface area contributed by atoms with Crippen molar-refractivity contribution in [3.63, 3.8) is 0 Å². The first-order valence-electron chi connectivity index (χ1n) is 10.6. The van der Waals surface area contributed by atoms with E-state index in [2.05, 4.69) is 10.1 Å². The Morgan fingerprint density at radius 2 is 1.94 bits per heavy atom. The summed E-state index contributed by atoms with van der Waals surface area (Å²) in [6.07, 6.45) is 1.99. The summed E-state index contributed by atoms with van der Waals surface area (Å²) in [5, 5.41) is 4.06. The molecule has 8 nitrogen and oxygen atoms in total. The van der Waals surface area contributed by atoms with Gasteiger partial charge >= 0.3 is 0 Å². The maximum Gasteiger partial charge on any atom is 0.249 e. The molecule has 0 radical (unpaired) electrons. The summed E-state index contributed by atoms with van der Waals surface area (Å²) < 4.78 is 21.7. The van der Waals surface area contributed by atoms with Crippen LogP contribution in [0, 0.1) is 0 Å². The highest BCUT2D eigenvalue weighted by Gasteiger charge is 2.18. The number of benzene rings is 2. The molecule has 0 aliphatic rings. The van der Waals surface area contributed by atoms with E-state index in [-0.39, 0.29) is 12.5 Å². The van der Waals surface area contributed by atoms with Crippen molar-refractivity contribution in [3.05, 3.63) is 90.2 Å². The molecule has 0 saturated heterocycles. The van der Waals surface area contributed by atoms with E-state index in [0.717, 1.165) is 11.1 Å². The minimum absolute atomic E-state index is 0.0332. The molecule has 2 aromatic carbocycles. The number of methoxy groups -OCH3 is 1. The van der Waals surface area contributed by atoms with Crippen LogP contribution in [0.3, 0.4) is 0 Å². The minimum Gasteiger partial charge on any atom is -0.497 e. The molecular weight excluding hydrogens is 422 g/mol. The van der Waals surface area contributed by atoms with Gasteiger partial charge < -0.3 is 23.3 Å². The van der Waals surface area contributed by atoms with E-state index in [0.29, 0.717) is 49.3 Å². The van der Waals surface area contributed by atoms with Crippen LogP contribution in [0.4, 0.5) is 0 Å². The molecule has 4 rings (SSSR count). The average molecular weight is 447 g/mol. The quantitative estimate of drug-likeness (QED) is 0.341. The number of aromatic nitrogens is 2. The summed E-state index contributed by atoms with van der Waals surface area (Å²) in [4.78, 5) is 19.0. The summed E-state index contributed by atoms with van der Waals surface area (Å²) in [5.74, 6) is 2.17. The molecule has 170 valence electrons.